The zero-order valence-electron chi connectivity index (χ0n) is 34.0. The highest BCUT2D eigenvalue weighted by Crippen LogP contribution is 2.59. The summed E-state index contributed by atoms with van der Waals surface area (Å²) in [7, 11) is 0. The maximum Gasteiger partial charge on any atom is 0.415 e. The average Bonchev–Trinajstić information content (AvgIpc) is 3.87. The summed E-state index contributed by atoms with van der Waals surface area (Å²) >= 11 is 1.65. The number of nitrogens with zero attached hydrogens (tertiary/aromatic N) is 1. The van der Waals surface area contributed by atoms with Crippen molar-refractivity contribution in [3.8, 4) is 16.9 Å². The summed E-state index contributed by atoms with van der Waals surface area (Å²) in [5.41, 5.74) is 4.04. The minimum atomic E-state index is -1.30. The molecule has 4 atom stereocenters. The molecule has 3 aliphatic carbocycles. The number of carbonyl (C=O) groups is 2. The molecule has 1 aromatic heterocycles. The third-order valence-corrected chi connectivity index (χ3v) is 14.0. The Hall–Kier alpha value is -5.34. The van der Waals surface area contributed by atoms with E-state index in [4.69, 9.17) is 4.74 Å². The van der Waals surface area contributed by atoms with Crippen LogP contribution in [0.4, 0.5) is 4.79 Å². The molecular formula is C52H53NO5S. The summed E-state index contributed by atoms with van der Waals surface area (Å²) in [6.07, 6.45) is 6.10. The van der Waals surface area contributed by atoms with Gasteiger partial charge in [0.2, 0.25) is 0 Å². The highest BCUT2D eigenvalue weighted by atomic mass is 32.1. The van der Waals surface area contributed by atoms with Gasteiger partial charge in [0.05, 0.1) is 18.2 Å². The quantitative estimate of drug-likeness (QED) is 0.112. The van der Waals surface area contributed by atoms with Crippen molar-refractivity contribution in [2.24, 2.45) is 5.41 Å². The summed E-state index contributed by atoms with van der Waals surface area (Å²) in [4.78, 5) is 32.2. The summed E-state index contributed by atoms with van der Waals surface area (Å²) in [5, 5.41) is 28.5. The standard InChI is InChI=1S/C52H53NO5S/c1-36-12-10-28-51(2)48(45-25-21-37(32-41(54)23-20-36)33-47(45)49(55)46-19-9-8-18-44(46)39-14-4-3-5-15-39)26-29-52(51,57)35-53(30-27-43-17-11-31-59-43)50(56)58-42-24-22-38-13-6-7-16-40(38)34-42/h3-9,11-19,21-22,24-25,31,33-34,41,48,54,57H,10,20,23,26-30,32,35H2,1-2H3. The van der Waals surface area contributed by atoms with Gasteiger partial charge in [0.25, 0.3) is 0 Å². The molecule has 0 radical (unpaired) electrons. The van der Waals surface area contributed by atoms with Gasteiger partial charge in [-0.05, 0) is 127 Å². The number of ketones is 1. The fourth-order valence-corrected chi connectivity index (χ4v) is 10.2. The average molecular weight is 804 g/mol. The van der Waals surface area contributed by atoms with Gasteiger partial charge in [-0.3, -0.25) is 4.79 Å². The van der Waals surface area contributed by atoms with Crippen molar-refractivity contribution in [2.45, 2.75) is 82.8 Å². The Morgan fingerprint density at radius 2 is 1.61 bits per heavy atom. The lowest BCUT2D eigenvalue weighted by molar-refractivity contribution is -0.0789. The first-order valence-corrected chi connectivity index (χ1v) is 21.8. The van der Waals surface area contributed by atoms with Crippen LogP contribution in [0.25, 0.3) is 21.9 Å². The first kappa shape index (κ1) is 40.4. The number of hydrogen-bond acceptors (Lipinski definition) is 6. The first-order chi connectivity index (χ1) is 28.6. The second-order valence-corrected chi connectivity index (χ2v) is 17.8. The highest BCUT2D eigenvalue weighted by molar-refractivity contribution is 7.09. The van der Waals surface area contributed by atoms with E-state index in [9.17, 15) is 15.0 Å². The van der Waals surface area contributed by atoms with Gasteiger partial charge in [-0.2, -0.15) is 0 Å². The molecule has 5 aromatic carbocycles. The van der Waals surface area contributed by atoms with Crippen molar-refractivity contribution in [3.63, 3.8) is 0 Å². The minimum Gasteiger partial charge on any atom is -0.410 e. The van der Waals surface area contributed by atoms with Gasteiger partial charge in [-0.1, -0.05) is 122 Å². The largest absolute Gasteiger partial charge is 0.415 e. The van der Waals surface area contributed by atoms with Crippen molar-refractivity contribution in [2.75, 3.05) is 13.1 Å². The number of amides is 1. The number of carbonyl (C=O) groups excluding carboxylic acids is 2. The van der Waals surface area contributed by atoms with E-state index in [1.54, 1.807) is 16.2 Å². The van der Waals surface area contributed by atoms with Crippen molar-refractivity contribution >= 4 is 34.0 Å². The molecule has 0 saturated heterocycles. The van der Waals surface area contributed by atoms with Crippen LogP contribution in [0.5, 0.6) is 5.75 Å². The smallest absolute Gasteiger partial charge is 0.410 e. The Labute approximate surface area is 351 Å². The van der Waals surface area contributed by atoms with E-state index in [0.717, 1.165) is 44.3 Å². The van der Waals surface area contributed by atoms with Crippen LogP contribution < -0.4 is 4.74 Å². The molecule has 1 fully saturated rings. The van der Waals surface area contributed by atoms with Crippen LogP contribution in [0.3, 0.4) is 0 Å². The predicted octanol–water partition coefficient (Wildman–Crippen LogP) is 11.6. The number of fused-ring (bicyclic) bond motifs is 9. The molecule has 1 heterocycles. The molecule has 1 amide bonds. The number of ether oxygens (including phenoxy) is 1. The highest BCUT2D eigenvalue weighted by Gasteiger charge is 2.58. The van der Waals surface area contributed by atoms with Crippen LogP contribution in [0.15, 0.2) is 144 Å². The molecule has 0 spiro atoms. The third-order valence-electron chi connectivity index (χ3n) is 13.0. The Balaban J connectivity index is 1.18. The Morgan fingerprint density at radius 1 is 0.831 bits per heavy atom. The van der Waals surface area contributed by atoms with Gasteiger partial charge in [-0.25, -0.2) is 4.79 Å². The molecule has 0 aliphatic heterocycles. The number of hydrogen-bond donors (Lipinski definition) is 2. The van der Waals surface area contributed by atoms with Crippen LogP contribution in [0.2, 0.25) is 0 Å². The van der Waals surface area contributed by atoms with E-state index in [2.05, 4.69) is 38.1 Å². The number of benzene rings is 5. The monoisotopic (exact) mass is 803 g/mol. The van der Waals surface area contributed by atoms with E-state index in [-0.39, 0.29) is 18.2 Å². The molecule has 2 N–H and O–H groups in total. The van der Waals surface area contributed by atoms with Crippen LogP contribution in [-0.2, 0) is 12.8 Å². The third kappa shape index (κ3) is 8.70. The Morgan fingerprint density at radius 3 is 2.42 bits per heavy atom. The van der Waals surface area contributed by atoms with Crippen molar-refractivity contribution in [3.05, 3.63) is 172 Å². The maximum atomic E-state index is 15.1. The molecule has 2 bridgehead atoms. The van der Waals surface area contributed by atoms with Gasteiger partial charge in [0.15, 0.2) is 5.78 Å². The molecule has 7 heteroatoms. The Bertz CT molecular complexity index is 2460. The molecule has 59 heavy (non-hydrogen) atoms. The molecule has 6 aromatic rings. The number of thiophene rings is 1. The summed E-state index contributed by atoms with van der Waals surface area (Å²) in [5.74, 6) is 0.189. The van der Waals surface area contributed by atoms with Crippen molar-refractivity contribution < 1.29 is 24.5 Å². The van der Waals surface area contributed by atoms with E-state index in [1.807, 2.05) is 115 Å². The molecule has 3 aliphatic rings. The SMILES string of the molecule is CC1=CCCC2(C)C(CCC2(O)CN(CCc2cccs2)C(=O)Oc2ccc3ccccc3c2)c2ccc(cc2C(=O)c2ccccc2-c2ccccc2)CC(O)CC1. The fraction of sp³-hybridized carbons (Fsp3) is 0.308. The lowest BCUT2D eigenvalue weighted by Gasteiger charge is -2.46. The fourth-order valence-electron chi connectivity index (χ4n) is 9.54. The van der Waals surface area contributed by atoms with Gasteiger partial charge < -0.3 is 19.8 Å². The van der Waals surface area contributed by atoms with E-state index in [0.29, 0.717) is 68.4 Å². The molecule has 1 saturated carbocycles. The molecule has 9 rings (SSSR count). The van der Waals surface area contributed by atoms with Crippen LogP contribution >= 0.6 is 11.3 Å². The molecule has 6 nitrogen and oxygen atoms in total. The van der Waals surface area contributed by atoms with Crippen LogP contribution in [0.1, 0.15) is 90.2 Å². The molecular weight excluding hydrogens is 751 g/mol. The molecule has 302 valence electrons. The second kappa shape index (κ2) is 17.5. The number of rotatable bonds is 9. The van der Waals surface area contributed by atoms with Crippen molar-refractivity contribution in [1.29, 1.82) is 0 Å². The lowest BCUT2D eigenvalue weighted by Crippen LogP contribution is -2.54. The number of aliphatic hydroxyl groups is 2. The summed E-state index contributed by atoms with van der Waals surface area (Å²) < 4.78 is 6.11. The molecule has 4 unspecified atom stereocenters. The van der Waals surface area contributed by atoms with Crippen LogP contribution in [-0.4, -0.2) is 51.8 Å². The van der Waals surface area contributed by atoms with Crippen LogP contribution in [0, 0.1) is 5.41 Å². The second-order valence-electron chi connectivity index (χ2n) is 16.8. The normalized spacial score (nSPS) is 22.0. The van der Waals surface area contributed by atoms with Gasteiger partial charge in [-0.15, -0.1) is 11.3 Å². The van der Waals surface area contributed by atoms with E-state index in [1.165, 1.54) is 5.57 Å². The first-order valence-electron chi connectivity index (χ1n) is 21.0. The topological polar surface area (TPSA) is 87.1 Å². The number of allylic oxidation sites excluding steroid dienone is 2. The Kier molecular flexibility index (Phi) is 12.0. The maximum absolute atomic E-state index is 15.1. The zero-order valence-corrected chi connectivity index (χ0v) is 34.8. The zero-order chi connectivity index (χ0) is 41.0. The lowest BCUT2D eigenvalue weighted by atomic mass is 9.64. The number of aliphatic hydroxyl groups excluding tert-OH is 1. The van der Waals surface area contributed by atoms with Gasteiger partial charge in [0.1, 0.15) is 5.75 Å². The summed E-state index contributed by atoms with van der Waals surface area (Å²) in [6, 6.07) is 41.6. The van der Waals surface area contributed by atoms with E-state index < -0.39 is 23.2 Å². The van der Waals surface area contributed by atoms with Crippen molar-refractivity contribution in [1.82, 2.24) is 4.90 Å². The van der Waals surface area contributed by atoms with Gasteiger partial charge >= 0.3 is 6.09 Å². The van der Waals surface area contributed by atoms with Gasteiger partial charge in [0, 0.05) is 28.0 Å². The predicted molar refractivity (Wildman–Crippen MR) is 238 cm³/mol. The van der Waals surface area contributed by atoms with E-state index >= 15 is 4.79 Å². The minimum absolute atomic E-state index is 0.0760. The summed E-state index contributed by atoms with van der Waals surface area (Å²) in [6.45, 7) is 4.75.